The first-order chi connectivity index (χ1) is 13.7. The molecule has 5 nitrogen and oxygen atoms in total. The number of hydrogen-bond acceptors (Lipinski definition) is 5. The van der Waals surface area contributed by atoms with Crippen molar-refractivity contribution in [1.82, 2.24) is 14.8 Å². The van der Waals surface area contributed by atoms with Crippen LogP contribution in [0, 0.1) is 0 Å². The van der Waals surface area contributed by atoms with E-state index in [2.05, 4.69) is 4.98 Å². The van der Waals surface area contributed by atoms with Crippen LogP contribution in [-0.2, 0) is 4.79 Å². The van der Waals surface area contributed by atoms with E-state index in [0.29, 0.717) is 17.2 Å². The summed E-state index contributed by atoms with van der Waals surface area (Å²) in [5, 5.41) is 3.12. The summed E-state index contributed by atoms with van der Waals surface area (Å²) >= 11 is 3.15. The van der Waals surface area contributed by atoms with Crippen molar-refractivity contribution in [2.24, 2.45) is 0 Å². The van der Waals surface area contributed by atoms with Crippen LogP contribution in [0.3, 0.4) is 0 Å². The molecule has 2 aromatic rings. The zero-order chi connectivity index (χ0) is 19.3. The second kappa shape index (κ2) is 9.09. The van der Waals surface area contributed by atoms with Gasteiger partial charge in [-0.05, 0) is 37.8 Å². The Balaban J connectivity index is 1.43. The normalized spacial score (nSPS) is 19.8. The summed E-state index contributed by atoms with van der Waals surface area (Å²) in [6, 6.07) is 7.69. The molecule has 1 aromatic heterocycles. The van der Waals surface area contributed by atoms with E-state index in [-0.39, 0.29) is 11.8 Å². The van der Waals surface area contributed by atoms with Crippen molar-refractivity contribution in [3.8, 4) is 0 Å². The molecule has 1 unspecified atom stereocenters. The van der Waals surface area contributed by atoms with Crippen LogP contribution < -0.4 is 0 Å². The van der Waals surface area contributed by atoms with Crippen LogP contribution in [0.2, 0.25) is 0 Å². The maximum Gasteiger partial charge on any atom is 0.255 e. The van der Waals surface area contributed by atoms with Crippen molar-refractivity contribution >= 4 is 34.9 Å². The number of carbonyl (C=O) groups is 2. The van der Waals surface area contributed by atoms with Gasteiger partial charge >= 0.3 is 0 Å². The minimum absolute atomic E-state index is 0.0676. The highest BCUT2D eigenvalue weighted by molar-refractivity contribution is 8.00. The summed E-state index contributed by atoms with van der Waals surface area (Å²) in [6.45, 7) is 3.24. The Labute approximate surface area is 174 Å². The summed E-state index contributed by atoms with van der Waals surface area (Å²) in [7, 11) is 0. The Morgan fingerprint density at radius 2 is 1.89 bits per heavy atom. The van der Waals surface area contributed by atoms with Crippen molar-refractivity contribution in [1.29, 1.82) is 0 Å². The van der Waals surface area contributed by atoms with Crippen LogP contribution >= 0.6 is 23.1 Å². The second-order valence-corrected chi connectivity index (χ2v) is 9.28. The van der Waals surface area contributed by atoms with Gasteiger partial charge in [0.05, 0.1) is 16.3 Å². The van der Waals surface area contributed by atoms with Crippen molar-refractivity contribution < 1.29 is 9.59 Å². The van der Waals surface area contributed by atoms with E-state index < -0.39 is 0 Å². The molecule has 2 amide bonds. The number of benzene rings is 1. The molecule has 28 heavy (non-hydrogen) atoms. The third-order valence-corrected chi connectivity index (χ3v) is 7.43. The molecule has 2 saturated heterocycles. The number of rotatable bonds is 5. The Kier molecular flexibility index (Phi) is 6.32. The molecule has 1 atom stereocenters. The lowest BCUT2D eigenvalue weighted by Crippen LogP contribution is -2.39. The third kappa shape index (κ3) is 4.41. The highest BCUT2D eigenvalue weighted by Gasteiger charge is 2.28. The maximum absolute atomic E-state index is 13.2. The van der Waals surface area contributed by atoms with Gasteiger partial charge in [-0.2, -0.15) is 0 Å². The molecule has 0 bridgehead atoms. The van der Waals surface area contributed by atoms with Gasteiger partial charge in [-0.3, -0.25) is 9.59 Å². The summed E-state index contributed by atoms with van der Waals surface area (Å²) in [4.78, 5) is 34.8. The fourth-order valence-corrected chi connectivity index (χ4v) is 5.65. The van der Waals surface area contributed by atoms with E-state index in [0.717, 1.165) is 61.8 Å². The zero-order valence-electron chi connectivity index (χ0n) is 15.9. The highest BCUT2D eigenvalue weighted by Crippen LogP contribution is 2.31. The van der Waals surface area contributed by atoms with Gasteiger partial charge in [0.1, 0.15) is 0 Å². The highest BCUT2D eigenvalue weighted by atomic mass is 32.2. The van der Waals surface area contributed by atoms with Gasteiger partial charge in [0.15, 0.2) is 0 Å². The van der Waals surface area contributed by atoms with Crippen molar-refractivity contribution in [3.05, 3.63) is 46.4 Å². The molecule has 0 saturated carbocycles. The van der Waals surface area contributed by atoms with Crippen molar-refractivity contribution in [2.45, 2.75) is 36.5 Å². The van der Waals surface area contributed by atoms with Gasteiger partial charge in [0, 0.05) is 48.6 Å². The Morgan fingerprint density at radius 3 is 2.68 bits per heavy atom. The van der Waals surface area contributed by atoms with Crippen LogP contribution in [0.15, 0.2) is 40.7 Å². The Hall–Kier alpha value is -1.86. The summed E-state index contributed by atoms with van der Waals surface area (Å²) in [6.07, 6.45) is 6.11. The number of piperidine rings is 1. The minimum Gasteiger partial charge on any atom is -0.342 e. The van der Waals surface area contributed by atoms with Crippen molar-refractivity contribution in [2.75, 3.05) is 31.9 Å². The average molecular weight is 416 g/mol. The number of hydrogen-bond donors (Lipinski definition) is 0. The molecule has 2 aliphatic rings. The van der Waals surface area contributed by atoms with Crippen LogP contribution in [0.1, 0.15) is 47.0 Å². The van der Waals surface area contributed by atoms with E-state index in [1.54, 1.807) is 11.3 Å². The first-order valence-electron chi connectivity index (χ1n) is 9.90. The standard InChI is InChI=1S/C21H25N3O2S2/c25-19(23-10-3-4-11-23)15-28-18-8-2-1-7-17(18)21(26)24-12-5-6-16(14-24)20-22-9-13-27-20/h1-2,7-9,13,16H,3-6,10-12,14-15H2. The van der Waals surface area contributed by atoms with E-state index in [1.165, 1.54) is 11.8 Å². The third-order valence-electron chi connectivity index (χ3n) is 5.44. The van der Waals surface area contributed by atoms with Crippen LogP contribution in [0.25, 0.3) is 0 Å². The topological polar surface area (TPSA) is 53.5 Å². The molecule has 1 aromatic carbocycles. The molecule has 0 aliphatic carbocycles. The second-order valence-electron chi connectivity index (χ2n) is 7.33. The molecule has 148 valence electrons. The number of amides is 2. The number of nitrogens with zero attached hydrogens (tertiary/aromatic N) is 3. The molecule has 2 aliphatic heterocycles. The maximum atomic E-state index is 13.2. The van der Waals surface area contributed by atoms with E-state index >= 15 is 0 Å². The lowest BCUT2D eigenvalue weighted by atomic mass is 9.98. The molecule has 7 heteroatoms. The van der Waals surface area contributed by atoms with Crippen LogP contribution in [0.5, 0.6) is 0 Å². The predicted molar refractivity (Wildman–Crippen MR) is 113 cm³/mol. The summed E-state index contributed by atoms with van der Waals surface area (Å²) < 4.78 is 0. The molecule has 2 fully saturated rings. The van der Waals surface area contributed by atoms with Gasteiger partial charge in [0.25, 0.3) is 5.91 Å². The zero-order valence-corrected chi connectivity index (χ0v) is 17.5. The predicted octanol–water partition coefficient (Wildman–Crippen LogP) is 3.88. The van der Waals surface area contributed by atoms with Crippen LogP contribution in [-0.4, -0.2) is 58.5 Å². The summed E-state index contributed by atoms with van der Waals surface area (Å²) in [5.74, 6) is 0.963. The van der Waals surface area contributed by atoms with Gasteiger partial charge in [-0.1, -0.05) is 12.1 Å². The first-order valence-corrected chi connectivity index (χ1v) is 11.8. The van der Waals surface area contributed by atoms with E-state index in [9.17, 15) is 9.59 Å². The SMILES string of the molecule is O=C(CSc1ccccc1C(=O)N1CCCC(c2nccs2)C1)N1CCCC1. The Morgan fingerprint density at radius 1 is 1.11 bits per heavy atom. The van der Waals surface area contributed by atoms with E-state index in [4.69, 9.17) is 0 Å². The molecule has 0 N–H and O–H groups in total. The van der Waals surface area contributed by atoms with Gasteiger partial charge in [0.2, 0.25) is 5.91 Å². The fraction of sp³-hybridized carbons (Fsp3) is 0.476. The number of likely N-dealkylation sites (tertiary alicyclic amines) is 2. The smallest absolute Gasteiger partial charge is 0.255 e. The summed E-state index contributed by atoms with van der Waals surface area (Å²) in [5.41, 5.74) is 0.710. The number of aromatic nitrogens is 1. The fourth-order valence-electron chi connectivity index (χ4n) is 3.94. The molecule has 0 radical (unpaired) electrons. The van der Waals surface area contributed by atoms with Crippen LogP contribution in [0.4, 0.5) is 0 Å². The molecule has 4 rings (SSSR count). The molecular formula is C21H25N3O2S2. The quantitative estimate of drug-likeness (QED) is 0.696. The van der Waals surface area contributed by atoms with Gasteiger partial charge in [-0.15, -0.1) is 23.1 Å². The molecular weight excluding hydrogens is 390 g/mol. The lowest BCUT2D eigenvalue weighted by molar-refractivity contribution is -0.127. The number of carbonyl (C=O) groups excluding carboxylic acids is 2. The van der Waals surface area contributed by atoms with Gasteiger partial charge in [-0.25, -0.2) is 4.98 Å². The Bertz CT molecular complexity index is 819. The average Bonchev–Trinajstić information content (AvgIpc) is 3.46. The first kappa shape index (κ1) is 19.5. The number of thiazole rings is 1. The monoisotopic (exact) mass is 415 g/mol. The minimum atomic E-state index is 0.0676. The molecule has 0 spiro atoms. The number of thioether (sulfide) groups is 1. The van der Waals surface area contributed by atoms with E-state index in [1.807, 2.05) is 45.6 Å². The molecule has 3 heterocycles. The van der Waals surface area contributed by atoms with Crippen molar-refractivity contribution in [3.63, 3.8) is 0 Å². The largest absolute Gasteiger partial charge is 0.342 e. The lowest BCUT2D eigenvalue weighted by Gasteiger charge is -2.32. The van der Waals surface area contributed by atoms with Gasteiger partial charge < -0.3 is 9.80 Å².